The molecule has 0 aliphatic rings. The van der Waals surface area contributed by atoms with E-state index in [1.165, 1.54) is 10.7 Å². The Labute approximate surface area is 207 Å². The van der Waals surface area contributed by atoms with Gasteiger partial charge in [0.15, 0.2) is 16.6 Å². The van der Waals surface area contributed by atoms with Crippen LogP contribution in [-0.2, 0) is 7.05 Å². The van der Waals surface area contributed by atoms with Crippen LogP contribution in [0.5, 0.6) is 5.75 Å². The molecule has 0 bridgehead atoms. The largest absolute Gasteiger partial charge is 0.504 e. The van der Waals surface area contributed by atoms with Crippen LogP contribution < -0.4 is 10.7 Å². The molecule has 11 nitrogen and oxygen atoms in total. The number of carbonyl (C=O) groups is 1. The van der Waals surface area contributed by atoms with Gasteiger partial charge in [-0.2, -0.15) is 10.2 Å². The Kier molecular flexibility index (Phi) is 7.35. The van der Waals surface area contributed by atoms with E-state index >= 15 is 0 Å². The van der Waals surface area contributed by atoms with Gasteiger partial charge in [-0.15, -0.1) is 0 Å². The van der Waals surface area contributed by atoms with E-state index in [2.05, 4.69) is 20.9 Å². The standard InChI is InChI=1S/C20H16Cl2N6O5S/c1-9(16-18(29)17(27(2)26-16)10-3-6-13(21)14(22)7-10)24-25-20(34)23-11-4-5-12(19(30)31)15(8-11)28(32)33/h3-8,29H,1-2H3,(H,30,31)(H2,23,25,34)/b24-9+. The maximum atomic E-state index is 11.1. The summed E-state index contributed by atoms with van der Waals surface area (Å²) in [6.45, 7) is 1.59. The van der Waals surface area contributed by atoms with Crippen molar-refractivity contribution < 1.29 is 19.9 Å². The van der Waals surface area contributed by atoms with Crippen LogP contribution in [-0.4, -0.2) is 41.7 Å². The average Bonchev–Trinajstić information content (AvgIpc) is 3.07. The predicted molar refractivity (Wildman–Crippen MR) is 132 cm³/mol. The minimum absolute atomic E-state index is 0.0307. The van der Waals surface area contributed by atoms with Crippen LogP contribution in [0.1, 0.15) is 23.0 Å². The molecule has 3 aromatic rings. The van der Waals surface area contributed by atoms with Gasteiger partial charge in [0.05, 0.1) is 20.7 Å². The molecule has 0 unspecified atom stereocenters. The van der Waals surface area contributed by atoms with Crippen LogP contribution in [0.25, 0.3) is 11.3 Å². The van der Waals surface area contributed by atoms with Gasteiger partial charge in [0.25, 0.3) is 5.69 Å². The lowest BCUT2D eigenvalue weighted by Gasteiger charge is -2.08. The highest BCUT2D eigenvalue weighted by atomic mass is 35.5. The van der Waals surface area contributed by atoms with Gasteiger partial charge in [-0.1, -0.05) is 29.3 Å². The van der Waals surface area contributed by atoms with Crippen LogP contribution in [0.2, 0.25) is 10.0 Å². The molecule has 0 fully saturated rings. The van der Waals surface area contributed by atoms with E-state index in [0.717, 1.165) is 12.1 Å². The third-order valence-corrected chi connectivity index (χ3v) is 5.50. The monoisotopic (exact) mass is 522 g/mol. The van der Waals surface area contributed by atoms with Crippen LogP contribution in [0.4, 0.5) is 11.4 Å². The first-order chi connectivity index (χ1) is 16.0. The van der Waals surface area contributed by atoms with Crippen molar-refractivity contribution in [1.82, 2.24) is 15.2 Å². The number of nitro benzene ring substituents is 1. The molecule has 3 rings (SSSR count). The van der Waals surface area contributed by atoms with Crippen molar-refractivity contribution in [2.24, 2.45) is 12.1 Å². The number of hydrogen-bond donors (Lipinski definition) is 4. The fraction of sp³-hybridized carbons (Fsp3) is 0.100. The zero-order valence-corrected chi connectivity index (χ0v) is 19.9. The van der Waals surface area contributed by atoms with Gasteiger partial charge in [-0.05, 0) is 43.4 Å². The van der Waals surface area contributed by atoms with E-state index in [1.807, 2.05) is 0 Å². The summed E-state index contributed by atoms with van der Waals surface area (Å²) in [6.07, 6.45) is 0. The third kappa shape index (κ3) is 5.25. The van der Waals surface area contributed by atoms with E-state index in [9.17, 15) is 20.0 Å². The molecule has 4 N–H and O–H groups in total. The van der Waals surface area contributed by atoms with Crippen LogP contribution in [0.15, 0.2) is 41.5 Å². The number of hydrogen-bond acceptors (Lipinski definition) is 7. The summed E-state index contributed by atoms with van der Waals surface area (Å²) in [5.41, 5.74) is 3.16. The second-order valence-corrected chi connectivity index (χ2v) is 8.08. The van der Waals surface area contributed by atoms with Crippen LogP contribution in [0.3, 0.4) is 0 Å². The van der Waals surface area contributed by atoms with Crippen molar-refractivity contribution in [3.8, 4) is 17.0 Å². The number of anilines is 1. The fourth-order valence-corrected chi connectivity index (χ4v) is 3.47. The minimum Gasteiger partial charge on any atom is -0.504 e. The molecule has 1 aromatic heterocycles. The van der Waals surface area contributed by atoms with Crippen LogP contribution in [0, 0.1) is 10.1 Å². The molecule has 0 aliphatic carbocycles. The molecular formula is C20H16Cl2N6O5S. The highest BCUT2D eigenvalue weighted by molar-refractivity contribution is 7.80. The second-order valence-electron chi connectivity index (χ2n) is 6.86. The number of aromatic hydroxyl groups is 1. The van der Waals surface area contributed by atoms with Crippen molar-refractivity contribution in [3.63, 3.8) is 0 Å². The molecule has 0 spiro atoms. The Morgan fingerprint density at radius 1 is 1.24 bits per heavy atom. The SMILES string of the molecule is C/C(=N\NC(=S)Nc1ccc(C(=O)O)c([N+](=O)[O-])c1)c1nn(C)c(-c2ccc(Cl)c(Cl)c2)c1O. The van der Waals surface area contributed by atoms with Crippen molar-refractivity contribution in [1.29, 1.82) is 0 Å². The lowest BCUT2D eigenvalue weighted by atomic mass is 10.1. The third-order valence-electron chi connectivity index (χ3n) is 4.57. The Hall–Kier alpha value is -3.74. The van der Waals surface area contributed by atoms with E-state index in [4.69, 9.17) is 40.5 Å². The van der Waals surface area contributed by atoms with Gasteiger partial charge in [0.1, 0.15) is 11.3 Å². The molecule has 14 heteroatoms. The molecule has 2 aromatic carbocycles. The first kappa shape index (κ1) is 24.9. The number of aromatic nitrogens is 2. The number of hydrazone groups is 1. The highest BCUT2D eigenvalue weighted by Crippen LogP contribution is 2.35. The topological polar surface area (TPSA) is 155 Å². The van der Waals surface area contributed by atoms with Gasteiger partial charge >= 0.3 is 5.97 Å². The molecule has 0 saturated heterocycles. The summed E-state index contributed by atoms with van der Waals surface area (Å²) in [5, 5.41) is 42.6. The highest BCUT2D eigenvalue weighted by Gasteiger charge is 2.21. The van der Waals surface area contributed by atoms with Crippen molar-refractivity contribution in [3.05, 3.63) is 67.8 Å². The van der Waals surface area contributed by atoms with E-state index < -0.39 is 22.1 Å². The number of aromatic carboxylic acids is 1. The van der Waals surface area contributed by atoms with Crippen molar-refractivity contribution >= 4 is 63.6 Å². The molecule has 0 radical (unpaired) electrons. The number of halogens is 2. The molecular weight excluding hydrogens is 507 g/mol. The predicted octanol–water partition coefficient (Wildman–Crippen LogP) is 4.42. The van der Waals surface area contributed by atoms with E-state index in [-0.39, 0.29) is 28.0 Å². The number of thiocarbonyl (C=S) groups is 1. The number of rotatable bonds is 6. The van der Waals surface area contributed by atoms with Gasteiger partial charge in [-0.3, -0.25) is 20.2 Å². The molecule has 0 saturated carbocycles. The Balaban J connectivity index is 1.78. The Morgan fingerprint density at radius 2 is 1.94 bits per heavy atom. The number of nitro groups is 1. The Morgan fingerprint density at radius 3 is 2.56 bits per heavy atom. The van der Waals surface area contributed by atoms with Gasteiger partial charge < -0.3 is 15.5 Å². The maximum absolute atomic E-state index is 11.1. The molecule has 0 amide bonds. The summed E-state index contributed by atoms with van der Waals surface area (Å²) in [4.78, 5) is 21.5. The summed E-state index contributed by atoms with van der Waals surface area (Å²) < 4.78 is 1.46. The lowest BCUT2D eigenvalue weighted by molar-refractivity contribution is -0.385. The first-order valence-corrected chi connectivity index (χ1v) is 10.5. The average molecular weight is 523 g/mol. The molecule has 0 aliphatic heterocycles. The van der Waals surface area contributed by atoms with E-state index in [1.54, 1.807) is 32.2 Å². The number of aryl methyl sites for hydroxylation is 1. The zero-order chi connectivity index (χ0) is 25.2. The molecule has 0 atom stereocenters. The number of nitrogens with zero attached hydrogens (tertiary/aromatic N) is 4. The zero-order valence-electron chi connectivity index (χ0n) is 17.5. The van der Waals surface area contributed by atoms with Crippen molar-refractivity contribution in [2.45, 2.75) is 6.92 Å². The molecule has 1 heterocycles. The lowest BCUT2D eigenvalue weighted by Crippen LogP contribution is -2.25. The second kappa shape index (κ2) is 10.0. The van der Waals surface area contributed by atoms with Gasteiger partial charge in [-0.25, -0.2) is 4.79 Å². The smallest absolute Gasteiger partial charge is 0.342 e. The first-order valence-electron chi connectivity index (χ1n) is 9.34. The van der Waals surface area contributed by atoms with E-state index in [0.29, 0.717) is 21.3 Å². The summed E-state index contributed by atoms with van der Waals surface area (Å²) in [6, 6.07) is 8.36. The normalized spacial score (nSPS) is 11.2. The minimum atomic E-state index is -1.42. The van der Waals surface area contributed by atoms with Crippen LogP contribution >= 0.6 is 35.4 Å². The maximum Gasteiger partial charge on any atom is 0.342 e. The molecule has 176 valence electrons. The number of benzene rings is 2. The van der Waals surface area contributed by atoms with Gasteiger partial charge in [0.2, 0.25) is 0 Å². The summed E-state index contributed by atoms with van der Waals surface area (Å²) in [7, 11) is 1.64. The molecule has 34 heavy (non-hydrogen) atoms. The number of carboxylic acid groups (broad SMARTS) is 1. The number of nitrogens with one attached hydrogen (secondary N) is 2. The quantitative estimate of drug-likeness (QED) is 0.159. The summed E-state index contributed by atoms with van der Waals surface area (Å²) >= 11 is 17.2. The number of carboxylic acids is 1. The van der Waals surface area contributed by atoms with Crippen molar-refractivity contribution in [2.75, 3.05) is 5.32 Å². The van der Waals surface area contributed by atoms with Gasteiger partial charge in [0, 0.05) is 24.4 Å². The fourth-order valence-electron chi connectivity index (χ4n) is 3.01. The summed E-state index contributed by atoms with van der Waals surface area (Å²) in [5.74, 6) is -1.56. The Bertz CT molecular complexity index is 1360.